The van der Waals surface area contributed by atoms with Gasteiger partial charge in [0.1, 0.15) is 6.10 Å². The van der Waals surface area contributed by atoms with Gasteiger partial charge in [-0.2, -0.15) is 0 Å². The summed E-state index contributed by atoms with van der Waals surface area (Å²) in [6.45, 7) is 0.294. The lowest BCUT2D eigenvalue weighted by atomic mass is 9.98. The first-order chi connectivity index (χ1) is 10.2. The van der Waals surface area contributed by atoms with Gasteiger partial charge in [-0.05, 0) is 38.3 Å². The van der Waals surface area contributed by atoms with Gasteiger partial charge in [-0.3, -0.25) is 4.79 Å². The smallest absolute Gasteiger partial charge is 0.314 e. The third kappa shape index (κ3) is 4.38. The number of carbonyl (C=O) groups is 1. The van der Waals surface area contributed by atoms with Gasteiger partial charge in [-0.25, -0.2) is 0 Å². The molecule has 3 atom stereocenters. The Bertz CT molecular complexity index is 487. The van der Waals surface area contributed by atoms with Crippen molar-refractivity contribution in [2.75, 3.05) is 13.6 Å². The molecule has 2 heterocycles. The largest absolute Gasteiger partial charge is 0.462 e. The van der Waals surface area contributed by atoms with Crippen molar-refractivity contribution in [3.05, 3.63) is 35.9 Å². The van der Waals surface area contributed by atoms with Gasteiger partial charge >= 0.3 is 5.97 Å². The standard InChI is InChI=1S/C17H24N2O2.2ClH/c1-19-13-7-8-14(19)10-15(9-13)21-17(20)16(11-18)12-5-3-2-4-6-12;;/h2-6,13-16H,7-11,18H2,1H3;2*1H. The van der Waals surface area contributed by atoms with E-state index >= 15 is 0 Å². The summed E-state index contributed by atoms with van der Waals surface area (Å²) >= 11 is 0. The number of esters is 1. The molecule has 2 aliphatic rings. The first-order valence-electron chi connectivity index (χ1n) is 7.86. The van der Waals surface area contributed by atoms with Crippen LogP contribution in [0.25, 0.3) is 0 Å². The number of nitrogens with zero attached hydrogens (tertiary/aromatic N) is 1. The van der Waals surface area contributed by atoms with Gasteiger partial charge in [0.25, 0.3) is 0 Å². The summed E-state index contributed by atoms with van der Waals surface area (Å²) in [5.41, 5.74) is 6.74. The Morgan fingerprint density at radius 2 is 1.78 bits per heavy atom. The van der Waals surface area contributed by atoms with E-state index in [1.165, 1.54) is 12.8 Å². The topological polar surface area (TPSA) is 55.6 Å². The molecule has 2 saturated heterocycles. The Hall–Kier alpha value is -0.810. The highest BCUT2D eigenvalue weighted by Crippen LogP contribution is 2.36. The van der Waals surface area contributed by atoms with Crippen LogP contribution in [0.5, 0.6) is 0 Å². The summed E-state index contributed by atoms with van der Waals surface area (Å²) in [4.78, 5) is 14.9. The summed E-state index contributed by atoms with van der Waals surface area (Å²) < 4.78 is 5.78. The van der Waals surface area contributed by atoms with Gasteiger partial charge in [0, 0.05) is 18.6 Å². The highest BCUT2D eigenvalue weighted by atomic mass is 35.5. The fourth-order valence-corrected chi connectivity index (χ4v) is 3.76. The van der Waals surface area contributed by atoms with Crippen LogP contribution >= 0.6 is 24.8 Å². The summed E-state index contributed by atoms with van der Waals surface area (Å²) in [6, 6.07) is 10.8. The van der Waals surface area contributed by atoms with Crippen molar-refractivity contribution in [2.45, 2.75) is 49.8 Å². The second kappa shape index (κ2) is 8.88. The molecule has 2 N–H and O–H groups in total. The van der Waals surface area contributed by atoms with Crippen molar-refractivity contribution in [1.82, 2.24) is 4.90 Å². The molecule has 0 spiro atoms. The van der Waals surface area contributed by atoms with E-state index in [4.69, 9.17) is 10.5 Å². The molecule has 3 unspecified atom stereocenters. The van der Waals surface area contributed by atoms with E-state index in [1.807, 2.05) is 30.3 Å². The molecule has 23 heavy (non-hydrogen) atoms. The predicted octanol–water partition coefficient (Wildman–Crippen LogP) is 2.74. The number of nitrogens with two attached hydrogens (primary N) is 1. The molecule has 3 rings (SSSR count). The Labute approximate surface area is 150 Å². The molecule has 6 heteroatoms. The van der Waals surface area contributed by atoms with E-state index in [-0.39, 0.29) is 42.8 Å². The molecular weight excluding hydrogens is 335 g/mol. The third-order valence-corrected chi connectivity index (χ3v) is 5.06. The summed E-state index contributed by atoms with van der Waals surface area (Å²) in [6.07, 6.45) is 4.45. The van der Waals surface area contributed by atoms with Crippen LogP contribution in [0.1, 0.15) is 37.2 Å². The monoisotopic (exact) mass is 360 g/mol. The van der Waals surface area contributed by atoms with Crippen molar-refractivity contribution < 1.29 is 9.53 Å². The van der Waals surface area contributed by atoms with Gasteiger partial charge in [0.05, 0.1) is 5.92 Å². The Morgan fingerprint density at radius 1 is 1.22 bits per heavy atom. The molecule has 2 aliphatic heterocycles. The van der Waals surface area contributed by atoms with E-state index in [0.717, 1.165) is 18.4 Å². The third-order valence-electron chi connectivity index (χ3n) is 5.06. The van der Waals surface area contributed by atoms with Crippen LogP contribution in [0.2, 0.25) is 0 Å². The number of halogens is 2. The minimum atomic E-state index is -0.344. The molecule has 2 fully saturated rings. The average molecular weight is 361 g/mol. The molecule has 0 amide bonds. The molecule has 130 valence electrons. The van der Waals surface area contributed by atoms with E-state index in [0.29, 0.717) is 18.6 Å². The Morgan fingerprint density at radius 3 is 2.30 bits per heavy atom. The number of ether oxygens (including phenoxy) is 1. The van der Waals surface area contributed by atoms with Crippen molar-refractivity contribution in [1.29, 1.82) is 0 Å². The number of piperidine rings is 1. The Balaban J connectivity index is 0.00000132. The molecule has 1 aromatic carbocycles. The van der Waals surface area contributed by atoms with Crippen molar-refractivity contribution >= 4 is 30.8 Å². The summed E-state index contributed by atoms with van der Waals surface area (Å²) in [5.74, 6) is -0.513. The van der Waals surface area contributed by atoms with Crippen LogP contribution in [-0.4, -0.2) is 42.6 Å². The zero-order chi connectivity index (χ0) is 14.8. The maximum absolute atomic E-state index is 12.4. The van der Waals surface area contributed by atoms with E-state index in [1.54, 1.807) is 0 Å². The van der Waals surface area contributed by atoms with Gasteiger partial charge in [-0.1, -0.05) is 30.3 Å². The second-order valence-corrected chi connectivity index (χ2v) is 6.28. The van der Waals surface area contributed by atoms with Crippen LogP contribution in [-0.2, 0) is 9.53 Å². The van der Waals surface area contributed by atoms with Crippen molar-refractivity contribution in [3.8, 4) is 0 Å². The highest BCUT2D eigenvalue weighted by molar-refractivity contribution is 5.85. The average Bonchev–Trinajstić information content (AvgIpc) is 2.72. The number of fused-ring (bicyclic) bond motifs is 2. The Kier molecular flexibility index (Phi) is 7.81. The first-order valence-corrected chi connectivity index (χ1v) is 7.86. The van der Waals surface area contributed by atoms with Gasteiger partial charge in [0.15, 0.2) is 0 Å². The lowest BCUT2D eigenvalue weighted by molar-refractivity contribution is -0.154. The van der Waals surface area contributed by atoms with Crippen molar-refractivity contribution in [3.63, 3.8) is 0 Å². The molecule has 0 radical (unpaired) electrons. The van der Waals surface area contributed by atoms with Gasteiger partial charge < -0.3 is 15.4 Å². The summed E-state index contributed by atoms with van der Waals surface area (Å²) in [5, 5.41) is 0. The first kappa shape index (κ1) is 20.2. The van der Waals surface area contributed by atoms with E-state index in [9.17, 15) is 4.79 Å². The van der Waals surface area contributed by atoms with E-state index in [2.05, 4.69) is 11.9 Å². The number of hydrogen-bond donors (Lipinski definition) is 1. The highest BCUT2D eigenvalue weighted by Gasteiger charge is 2.40. The normalized spacial score (nSPS) is 27.5. The van der Waals surface area contributed by atoms with Gasteiger partial charge in [-0.15, -0.1) is 24.8 Å². The number of benzene rings is 1. The number of hydrogen-bond acceptors (Lipinski definition) is 4. The number of carbonyl (C=O) groups excluding carboxylic acids is 1. The van der Waals surface area contributed by atoms with Crippen LogP contribution in [0.3, 0.4) is 0 Å². The molecule has 1 aromatic rings. The quantitative estimate of drug-likeness (QED) is 0.838. The maximum atomic E-state index is 12.4. The molecule has 0 aromatic heterocycles. The van der Waals surface area contributed by atoms with Crippen LogP contribution in [0, 0.1) is 0 Å². The zero-order valence-corrected chi connectivity index (χ0v) is 15.0. The molecule has 0 saturated carbocycles. The molecule has 0 aliphatic carbocycles. The molecule has 2 bridgehead atoms. The number of rotatable bonds is 4. The van der Waals surface area contributed by atoms with E-state index < -0.39 is 0 Å². The maximum Gasteiger partial charge on any atom is 0.314 e. The molecular formula is C17H26Cl2N2O2. The minimum Gasteiger partial charge on any atom is -0.462 e. The lowest BCUT2D eigenvalue weighted by Gasteiger charge is -2.36. The van der Waals surface area contributed by atoms with Crippen LogP contribution in [0.15, 0.2) is 30.3 Å². The SMILES string of the molecule is CN1C2CCC1CC(OC(=O)C(CN)c1ccccc1)C2.Cl.Cl. The minimum absolute atomic E-state index is 0. The van der Waals surface area contributed by atoms with Crippen LogP contribution in [0.4, 0.5) is 0 Å². The lowest BCUT2D eigenvalue weighted by Crippen LogP contribution is -2.44. The summed E-state index contributed by atoms with van der Waals surface area (Å²) in [7, 11) is 2.19. The predicted molar refractivity (Wildman–Crippen MR) is 96.4 cm³/mol. The molecule has 4 nitrogen and oxygen atoms in total. The fourth-order valence-electron chi connectivity index (χ4n) is 3.76. The van der Waals surface area contributed by atoms with Crippen LogP contribution < -0.4 is 5.73 Å². The van der Waals surface area contributed by atoms with Gasteiger partial charge in [0.2, 0.25) is 0 Å². The fraction of sp³-hybridized carbons (Fsp3) is 0.588. The second-order valence-electron chi connectivity index (χ2n) is 6.28. The zero-order valence-electron chi connectivity index (χ0n) is 13.4. The van der Waals surface area contributed by atoms with Crippen molar-refractivity contribution in [2.24, 2.45) is 5.73 Å².